The summed E-state index contributed by atoms with van der Waals surface area (Å²) in [4.78, 5) is 16.3. The topological polar surface area (TPSA) is 60.5 Å². The zero-order valence-corrected chi connectivity index (χ0v) is 11.9. The Balaban J connectivity index is 1.67. The largest absolute Gasteiger partial charge is 0.485 e. The van der Waals surface area contributed by atoms with Gasteiger partial charge in [0.05, 0.1) is 11.6 Å². The van der Waals surface area contributed by atoms with Gasteiger partial charge < -0.3 is 9.47 Å². The molecule has 1 amide bonds. The van der Waals surface area contributed by atoms with Crippen molar-refractivity contribution >= 4 is 34.0 Å². The van der Waals surface area contributed by atoms with Crippen molar-refractivity contribution in [3.8, 4) is 11.5 Å². The summed E-state index contributed by atoms with van der Waals surface area (Å²) in [5, 5.41) is 5.01. The van der Waals surface area contributed by atoms with Crippen LogP contribution in [0.2, 0.25) is 0 Å². The Morgan fingerprint density at radius 3 is 3.00 bits per heavy atom. The monoisotopic (exact) mass is 310 g/mol. The lowest BCUT2D eigenvalue weighted by Gasteiger charge is -2.25. The molecule has 0 saturated heterocycles. The van der Waals surface area contributed by atoms with Gasteiger partial charge >= 0.3 is 0 Å². The predicted octanol–water partition coefficient (Wildman–Crippen LogP) is 2.66. The van der Waals surface area contributed by atoms with E-state index in [0.29, 0.717) is 22.5 Å². The minimum absolute atomic E-state index is 0.177. The Bertz CT molecular complexity index is 632. The fourth-order valence-corrected chi connectivity index (χ4v) is 2.70. The number of thiazole rings is 1. The third-order valence-corrected chi connectivity index (χ3v) is 3.80. The van der Waals surface area contributed by atoms with Gasteiger partial charge in [0.1, 0.15) is 6.61 Å². The Hall–Kier alpha value is -1.79. The van der Waals surface area contributed by atoms with Gasteiger partial charge in [-0.05, 0) is 12.1 Å². The second-order valence-corrected chi connectivity index (χ2v) is 5.26. The standard InChI is InChI=1S/C13H11ClN2O3S/c14-5-8-7-20-13(15-8)16-12(17)11-6-18-9-3-1-2-4-10(9)19-11/h1-4,7,11H,5-6H2,(H,15,16,17). The van der Waals surface area contributed by atoms with E-state index in [1.165, 1.54) is 11.3 Å². The lowest BCUT2D eigenvalue weighted by Crippen LogP contribution is -2.40. The van der Waals surface area contributed by atoms with Gasteiger partial charge in [-0.1, -0.05) is 12.1 Å². The van der Waals surface area contributed by atoms with Crippen LogP contribution in [-0.4, -0.2) is 23.6 Å². The summed E-state index contributed by atoms with van der Waals surface area (Å²) in [6.45, 7) is 0.177. The van der Waals surface area contributed by atoms with Gasteiger partial charge in [0.15, 0.2) is 16.6 Å². The smallest absolute Gasteiger partial charge is 0.270 e. The molecule has 0 spiro atoms. The normalized spacial score (nSPS) is 16.8. The number of nitrogens with one attached hydrogen (secondary N) is 1. The number of rotatable bonds is 3. The fourth-order valence-electron chi connectivity index (χ4n) is 1.76. The van der Waals surface area contributed by atoms with Crippen molar-refractivity contribution in [2.45, 2.75) is 12.0 Å². The first kappa shape index (κ1) is 13.2. The van der Waals surface area contributed by atoms with E-state index in [1.807, 2.05) is 12.1 Å². The highest BCUT2D eigenvalue weighted by Crippen LogP contribution is 2.31. The molecule has 0 saturated carbocycles. The molecular formula is C13H11ClN2O3S. The zero-order chi connectivity index (χ0) is 13.9. The molecule has 1 aromatic heterocycles. The van der Waals surface area contributed by atoms with Gasteiger partial charge in [-0.25, -0.2) is 4.98 Å². The molecule has 0 aliphatic carbocycles. The number of aromatic nitrogens is 1. The number of hydrogen-bond acceptors (Lipinski definition) is 5. The van der Waals surface area contributed by atoms with E-state index < -0.39 is 6.10 Å². The Morgan fingerprint density at radius 1 is 1.45 bits per heavy atom. The van der Waals surface area contributed by atoms with Gasteiger partial charge in [-0.15, -0.1) is 22.9 Å². The summed E-state index contributed by atoms with van der Waals surface area (Å²) in [6, 6.07) is 7.25. The number of halogens is 1. The molecule has 104 valence electrons. The Labute approximate surface area is 124 Å². The summed E-state index contributed by atoms with van der Waals surface area (Å²) in [5.74, 6) is 1.26. The highest BCUT2D eigenvalue weighted by atomic mass is 35.5. The van der Waals surface area contributed by atoms with E-state index >= 15 is 0 Å². The van der Waals surface area contributed by atoms with Crippen LogP contribution < -0.4 is 14.8 Å². The molecule has 3 rings (SSSR count). The van der Waals surface area contributed by atoms with Gasteiger partial charge in [0, 0.05) is 5.38 Å². The van der Waals surface area contributed by atoms with Crippen LogP contribution in [0.15, 0.2) is 29.6 Å². The summed E-state index contributed by atoms with van der Waals surface area (Å²) in [6.07, 6.45) is -0.687. The van der Waals surface area contributed by atoms with Gasteiger partial charge in [-0.3, -0.25) is 10.1 Å². The number of fused-ring (bicyclic) bond motifs is 1. The molecule has 7 heteroatoms. The van der Waals surface area contributed by atoms with Crippen molar-refractivity contribution in [2.24, 2.45) is 0 Å². The molecular weight excluding hydrogens is 300 g/mol. The minimum Gasteiger partial charge on any atom is -0.485 e. The number of nitrogens with zero attached hydrogens (tertiary/aromatic N) is 1. The van der Waals surface area contributed by atoms with E-state index in [9.17, 15) is 4.79 Å². The average molecular weight is 311 g/mol. The number of benzene rings is 1. The number of carbonyl (C=O) groups is 1. The number of ether oxygens (including phenoxy) is 2. The van der Waals surface area contributed by atoms with Crippen molar-refractivity contribution in [1.82, 2.24) is 4.98 Å². The summed E-state index contributed by atoms with van der Waals surface area (Å²) in [5.41, 5.74) is 0.734. The van der Waals surface area contributed by atoms with E-state index in [0.717, 1.165) is 5.69 Å². The quantitative estimate of drug-likeness (QED) is 0.885. The minimum atomic E-state index is -0.687. The maximum atomic E-state index is 12.1. The molecule has 1 unspecified atom stereocenters. The molecule has 0 radical (unpaired) electrons. The van der Waals surface area contributed by atoms with Crippen LogP contribution in [0.5, 0.6) is 11.5 Å². The van der Waals surface area contributed by atoms with Crippen LogP contribution in [-0.2, 0) is 10.7 Å². The number of hydrogen-bond donors (Lipinski definition) is 1. The number of anilines is 1. The molecule has 2 aromatic rings. The first-order valence-electron chi connectivity index (χ1n) is 5.96. The van der Waals surface area contributed by atoms with Gasteiger partial charge in [0.25, 0.3) is 5.91 Å². The van der Waals surface area contributed by atoms with Crippen LogP contribution in [0.3, 0.4) is 0 Å². The molecule has 1 aromatic carbocycles. The number of carbonyl (C=O) groups excluding carboxylic acids is 1. The molecule has 20 heavy (non-hydrogen) atoms. The predicted molar refractivity (Wildman–Crippen MR) is 76.7 cm³/mol. The van der Waals surface area contributed by atoms with Crippen LogP contribution in [0.25, 0.3) is 0 Å². The summed E-state index contributed by atoms with van der Waals surface area (Å²) >= 11 is 7.00. The Kier molecular flexibility index (Phi) is 3.75. The maximum absolute atomic E-state index is 12.1. The van der Waals surface area contributed by atoms with E-state index in [2.05, 4.69) is 10.3 Å². The third kappa shape index (κ3) is 2.71. The molecule has 0 fully saturated rings. The maximum Gasteiger partial charge on any atom is 0.270 e. The molecule has 0 bridgehead atoms. The van der Waals surface area contributed by atoms with Crippen molar-refractivity contribution in [2.75, 3.05) is 11.9 Å². The number of alkyl halides is 1. The van der Waals surface area contributed by atoms with Crippen molar-refractivity contribution in [3.63, 3.8) is 0 Å². The Morgan fingerprint density at radius 2 is 2.25 bits per heavy atom. The molecule has 1 N–H and O–H groups in total. The molecule has 1 aliphatic heterocycles. The molecule has 2 heterocycles. The second kappa shape index (κ2) is 5.68. The van der Waals surface area contributed by atoms with E-state index in [-0.39, 0.29) is 12.5 Å². The highest BCUT2D eigenvalue weighted by molar-refractivity contribution is 7.14. The zero-order valence-electron chi connectivity index (χ0n) is 10.3. The first-order chi connectivity index (χ1) is 9.76. The fraction of sp³-hybridized carbons (Fsp3) is 0.231. The van der Waals surface area contributed by atoms with Crippen molar-refractivity contribution < 1.29 is 14.3 Å². The van der Waals surface area contributed by atoms with Crippen LogP contribution >= 0.6 is 22.9 Å². The van der Waals surface area contributed by atoms with Crippen molar-refractivity contribution in [1.29, 1.82) is 0 Å². The van der Waals surface area contributed by atoms with Gasteiger partial charge in [0.2, 0.25) is 6.10 Å². The lowest BCUT2D eigenvalue weighted by molar-refractivity contribution is -0.125. The SMILES string of the molecule is O=C(Nc1nc(CCl)cs1)C1COc2ccccc2O1. The van der Waals surface area contributed by atoms with Crippen LogP contribution in [0.4, 0.5) is 5.13 Å². The second-order valence-electron chi connectivity index (χ2n) is 4.13. The number of amides is 1. The van der Waals surface area contributed by atoms with Gasteiger partial charge in [-0.2, -0.15) is 0 Å². The third-order valence-electron chi connectivity index (χ3n) is 2.72. The average Bonchev–Trinajstić information content (AvgIpc) is 2.94. The molecule has 1 aliphatic rings. The lowest BCUT2D eigenvalue weighted by atomic mass is 10.2. The summed E-state index contributed by atoms with van der Waals surface area (Å²) in [7, 11) is 0. The molecule has 5 nitrogen and oxygen atoms in total. The number of para-hydroxylation sites is 2. The van der Waals surface area contributed by atoms with E-state index in [1.54, 1.807) is 17.5 Å². The van der Waals surface area contributed by atoms with E-state index in [4.69, 9.17) is 21.1 Å². The van der Waals surface area contributed by atoms with Crippen molar-refractivity contribution in [3.05, 3.63) is 35.3 Å². The molecule has 1 atom stereocenters. The van der Waals surface area contributed by atoms with Crippen LogP contribution in [0, 0.1) is 0 Å². The highest BCUT2D eigenvalue weighted by Gasteiger charge is 2.27. The summed E-state index contributed by atoms with van der Waals surface area (Å²) < 4.78 is 11.1. The van der Waals surface area contributed by atoms with Crippen LogP contribution in [0.1, 0.15) is 5.69 Å². The first-order valence-corrected chi connectivity index (χ1v) is 7.37.